The van der Waals surface area contributed by atoms with E-state index in [1.807, 2.05) is 0 Å². The number of hydrogen-bond acceptors (Lipinski definition) is 3. The van der Waals surface area contributed by atoms with Gasteiger partial charge in [0.05, 0.1) is 6.42 Å². The van der Waals surface area contributed by atoms with Gasteiger partial charge in [-0.3, -0.25) is 4.79 Å². The topological polar surface area (TPSA) is 75.3 Å². The van der Waals surface area contributed by atoms with Crippen LogP contribution in [-0.4, -0.2) is 11.1 Å². The molecule has 0 aliphatic rings. The van der Waals surface area contributed by atoms with Crippen molar-refractivity contribution in [2.75, 3.05) is 0 Å². The van der Waals surface area contributed by atoms with Crippen molar-refractivity contribution >= 4 is 5.97 Å². The van der Waals surface area contributed by atoms with E-state index in [1.165, 1.54) is 12.4 Å². The molecule has 0 rings (SSSR count). The summed E-state index contributed by atoms with van der Waals surface area (Å²) >= 11 is 0. The molecule has 0 fully saturated rings. The molecule has 56 valence electrons. The first-order valence-corrected chi connectivity index (χ1v) is 2.70. The molecule has 0 aromatic rings. The number of rotatable bonds is 4. The van der Waals surface area contributed by atoms with Crippen molar-refractivity contribution < 1.29 is 9.90 Å². The molecule has 0 aromatic heterocycles. The monoisotopic (exact) mass is 142 g/mol. The van der Waals surface area contributed by atoms with Crippen LogP contribution in [0, 0.1) is 0 Å². The highest BCUT2D eigenvalue weighted by atomic mass is 16.4. The number of carbonyl (C=O) groups is 1. The van der Waals surface area contributed by atoms with Crippen LogP contribution < -0.4 is 11.1 Å². The van der Waals surface area contributed by atoms with Crippen LogP contribution in [0.25, 0.3) is 0 Å². The average Bonchev–Trinajstić information content (AvgIpc) is 1.82. The highest BCUT2D eigenvalue weighted by Crippen LogP contribution is 1.88. The van der Waals surface area contributed by atoms with Crippen molar-refractivity contribution in [3.05, 3.63) is 24.7 Å². The number of hydrogen-bond donors (Lipinski definition) is 3. The van der Waals surface area contributed by atoms with Crippen LogP contribution >= 0.6 is 0 Å². The van der Waals surface area contributed by atoms with Crippen molar-refractivity contribution in [3.63, 3.8) is 0 Å². The maximum atomic E-state index is 10.00. The highest BCUT2D eigenvalue weighted by molar-refractivity contribution is 5.69. The van der Waals surface area contributed by atoms with Crippen molar-refractivity contribution in [2.45, 2.75) is 6.42 Å². The first-order valence-electron chi connectivity index (χ1n) is 2.70. The summed E-state index contributed by atoms with van der Waals surface area (Å²) in [5, 5.41) is 10.8. The zero-order valence-corrected chi connectivity index (χ0v) is 5.50. The smallest absolute Gasteiger partial charge is 0.309 e. The van der Waals surface area contributed by atoms with Crippen molar-refractivity contribution in [1.82, 2.24) is 5.32 Å². The van der Waals surface area contributed by atoms with Gasteiger partial charge < -0.3 is 16.2 Å². The summed E-state index contributed by atoms with van der Waals surface area (Å²) in [6, 6.07) is 0. The molecule has 0 saturated heterocycles. The van der Waals surface area contributed by atoms with E-state index in [0.29, 0.717) is 0 Å². The predicted octanol–water partition coefficient (Wildman–Crippen LogP) is -0.00570. The fourth-order valence-corrected chi connectivity index (χ4v) is 0.392. The van der Waals surface area contributed by atoms with Gasteiger partial charge in [-0.15, -0.1) is 0 Å². The van der Waals surface area contributed by atoms with Crippen LogP contribution in [0.15, 0.2) is 24.7 Å². The van der Waals surface area contributed by atoms with Crippen LogP contribution in [0.1, 0.15) is 6.42 Å². The Morgan fingerprint density at radius 2 is 2.40 bits per heavy atom. The largest absolute Gasteiger partial charge is 0.481 e. The minimum Gasteiger partial charge on any atom is -0.481 e. The number of carboxylic acids is 1. The lowest BCUT2D eigenvalue weighted by Gasteiger charge is -1.94. The van der Waals surface area contributed by atoms with E-state index in [9.17, 15) is 4.79 Å². The molecule has 0 amide bonds. The second-order valence-corrected chi connectivity index (χ2v) is 1.66. The van der Waals surface area contributed by atoms with Crippen molar-refractivity contribution in [2.24, 2.45) is 5.73 Å². The van der Waals surface area contributed by atoms with Crippen LogP contribution in [0.2, 0.25) is 0 Å². The third-order valence-electron chi connectivity index (χ3n) is 0.742. The Kier molecular flexibility index (Phi) is 3.79. The molecule has 0 spiro atoms. The van der Waals surface area contributed by atoms with E-state index in [0.717, 1.165) is 0 Å². The molecule has 0 aliphatic carbocycles. The van der Waals surface area contributed by atoms with E-state index in [4.69, 9.17) is 10.8 Å². The van der Waals surface area contributed by atoms with Crippen LogP contribution in [0.3, 0.4) is 0 Å². The van der Waals surface area contributed by atoms with Crippen molar-refractivity contribution in [3.8, 4) is 0 Å². The second kappa shape index (κ2) is 4.43. The van der Waals surface area contributed by atoms with Gasteiger partial charge in [-0.25, -0.2) is 0 Å². The standard InChI is InChI=1S/C6H10N2O2/c1-2-8-4-5(7)3-6(9)10/h2,4,8H,1,3,7H2,(H,9,10)/b5-4-. The van der Waals surface area contributed by atoms with Gasteiger partial charge in [0, 0.05) is 11.9 Å². The molecule has 0 saturated carbocycles. The summed E-state index contributed by atoms with van der Waals surface area (Å²) in [4.78, 5) is 10.00. The summed E-state index contributed by atoms with van der Waals surface area (Å²) < 4.78 is 0. The Balaban J connectivity index is 3.70. The summed E-state index contributed by atoms with van der Waals surface area (Å²) in [6.07, 6.45) is 2.65. The van der Waals surface area contributed by atoms with Crippen LogP contribution in [0.5, 0.6) is 0 Å². The number of aliphatic carboxylic acids is 1. The lowest BCUT2D eigenvalue weighted by molar-refractivity contribution is -0.136. The second-order valence-electron chi connectivity index (χ2n) is 1.66. The zero-order valence-electron chi connectivity index (χ0n) is 5.50. The van der Waals surface area contributed by atoms with Gasteiger partial charge in [0.1, 0.15) is 0 Å². The molecular weight excluding hydrogens is 132 g/mol. The number of carboxylic acid groups (broad SMARTS) is 1. The summed E-state index contributed by atoms with van der Waals surface area (Å²) in [7, 11) is 0. The molecule has 0 atom stereocenters. The van der Waals surface area contributed by atoms with Gasteiger partial charge in [0.15, 0.2) is 0 Å². The molecule has 0 aliphatic heterocycles. The van der Waals surface area contributed by atoms with Crippen LogP contribution in [-0.2, 0) is 4.79 Å². The minimum absolute atomic E-state index is 0.152. The van der Waals surface area contributed by atoms with E-state index in [-0.39, 0.29) is 12.1 Å². The Labute approximate surface area is 59.0 Å². The summed E-state index contributed by atoms with van der Waals surface area (Å²) in [5.41, 5.74) is 5.50. The van der Waals surface area contributed by atoms with Crippen LogP contribution in [0.4, 0.5) is 0 Å². The Bertz CT molecular complexity index is 163. The third-order valence-corrected chi connectivity index (χ3v) is 0.742. The predicted molar refractivity (Wildman–Crippen MR) is 37.9 cm³/mol. The minimum atomic E-state index is -0.945. The lowest BCUT2D eigenvalue weighted by atomic mass is 10.3. The number of nitrogens with one attached hydrogen (secondary N) is 1. The molecule has 0 heterocycles. The van der Waals surface area contributed by atoms with Gasteiger partial charge >= 0.3 is 5.97 Å². The first-order chi connectivity index (χ1) is 4.66. The first kappa shape index (κ1) is 8.55. The molecular formula is C6H10N2O2. The molecule has 0 aromatic carbocycles. The zero-order chi connectivity index (χ0) is 7.98. The van der Waals surface area contributed by atoms with E-state index in [2.05, 4.69) is 11.9 Å². The van der Waals surface area contributed by atoms with E-state index in [1.54, 1.807) is 0 Å². The Morgan fingerprint density at radius 1 is 1.80 bits per heavy atom. The van der Waals surface area contributed by atoms with Gasteiger partial charge in [-0.2, -0.15) is 0 Å². The van der Waals surface area contributed by atoms with Gasteiger partial charge in [0.2, 0.25) is 0 Å². The molecule has 4 heteroatoms. The van der Waals surface area contributed by atoms with Gasteiger partial charge in [-0.1, -0.05) is 6.58 Å². The lowest BCUT2D eigenvalue weighted by Crippen LogP contribution is -2.08. The third kappa shape index (κ3) is 4.70. The molecule has 4 nitrogen and oxygen atoms in total. The van der Waals surface area contributed by atoms with E-state index >= 15 is 0 Å². The molecule has 10 heavy (non-hydrogen) atoms. The molecule has 4 N–H and O–H groups in total. The molecule has 0 bridgehead atoms. The average molecular weight is 142 g/mol. The maximum absolute atomic E-state index is 10.00. The van der Waals surface area contributed by atoms with Gasteiger partial charge in [0.25, 0.3) is 0 Å². The van der Waals surface area contributed by atoms with Gasteiger partial charge in [-0.05, 0) is 6.20 Å². The summed E-state index contributed by atoms with van der Waals surface area (Å²) in [6.45, 7) is 3.35. The van der Waals surface area contributed by atoms with Crippen molar-refractivity contribution in [1.29, 1.82) is 0 Å². The SMILES string of the molecule is C=CN/C=C(\N)CC(=O)O. The summed E-state index contributed by atoms with van der Waals surface area (Å²) in [5.74, 6) is -0.945. The Morgan fingerprint density at radius 3 is 2.80 bits per heavy atom. The Hall–Kier alpha value is -1.45. The highest BCUT2D eigenvalue weighted by Gasteiger charge is 1.96. The van der Waals surface area contributed by atoms with E-state index < -0.39 is 5.97 Å². The molecule has 0 radical (unpaired) electrons. The fraction of sp³-hybridized carbons (Fsp3) is 0.167. The number of nitrogens with two attached hydrogens (primary N) is 1. The molecule has 0 unspecified atom stereocenters. The quantitative estimate of drug-likeness (QED) is 0.516. The normalized spacial score (nSPS) is 10.6. The maximum Gasteiger partial charge on any atom is 0.309 e. The fourth-order valence-electron chi connectivity index (χ4n) is 0.392.